The Hall–Kier alpha value is -2.19. The zero-order valence-corrected chi connectivity index (χ0v) is 18.2. The topological polar surface area (TPSA) is 82.6 Å². The number of anilines is 1. The molecule has 0 atom stereocenters. The van der Waals surface area contributed by atoms with Crippen LogP contribution < -0.4 is 9.62 Å². The molecule has 4 rings (SSSR count). The second kappa shape index (κ2) is 9.09. The van der Waals surface area contributed by atoms with Crippen molar-refractivity contribution in [3.8, 4) is 0 Å². The van der Waals surface area contributed by atoms with Gasteiger partial charge in [0.15, 0.2) is 0 Å². The zero-order chi connectivity index (χ0) is 20.2. The first-order valence-electron chi connectivity index (χ1n) is 10.3. The monoisotopic (exact) mass is 411 g/mol. The molecule has 0 aromatic carbocycles. The van der Waals surface area contributed by atoms with Crippen molar-refractivity contribution < 1.29 is 0 Å². The van der Waals surface area contributed by atoms with Gasteiger partial charge in [0.1, 0.15) is 23.6 Å². The minimum Gasteiger partial charge on any atom is -0.356 e. The average Bonchev–Trinajstić information content (AvgIpc) is 3.19. The largest absolute Gasteiger partial charge is 0.356 e. The highest BCUT2D eigenvalue weighted by molar-refractivity contribution is 7.97. The van der Waals surface area contributed by atoms with E-state index >= 15 is 0 Å². The van der Waals surface area contributed by atoms with Gasteiger partial charge in [0.2, 0.25) is 0 Å². The Morgan fingerprint density at radius 2 is 1.90 bits per heavy atom. The molecule has 7 nitrogen and oxygen atoms in total. The van der Waals surface area contributed by atoms with Gasteiger partial charge in [-0.05, 0) is 57.6 Å². The summed E-state index contributed by atoms with van der Waals surface area (Å²) in [5.74, 6) is 3.80. The summed E-state index contributed by atoms with van der Waals surface area (Å²) < 4.78 is 3.44. The van der Waals surface area contributed by atoms with Crippen molar-refractivity contribution >= 4 is 28.8 Å². The maximum atomic E-state index is 4.54. The van der Waals surface area contributed by atoms with Gasteiger partial charge >= 0.3 is 0 Å². The van der Waals surface area contributed by atoms with Crippen molar-refractivity contribution in [3.63, 3.8) is 0 Å². The van der Waals surface area contributed by atoms with E-state index in [-0.39, 0.29) is 0 Å². The first-order chi connectivity index (χ1) is 14.1. The Balaban J connectivity index is 1.23. The van der Waals surface area contributed by atoms with Gasteiger partial charge in [0, 0.05) is 36.4 Å². The number of rotatable bonds is 7. The normalized spacial score (nSPS) is 19.6. The summed E-state index contributed by atoms with van der Waals surface area (Å²) in [4.78, 5) is 23.3. The number of hydrogen-bond donors (Lipinski definition) is 2. The molecule has 0 bridgehead atoms. The maximum absolute atomic E-state index is 4.54. The first-order valence-corrected chi connectivity index (χ1v) is 11.3. The number of H-pyrrole nitrogens is 1. The van der Waals surface area contributed by atoms with E-state index in [4.69, 9.17) is 0 Å². The summed E-state index contributed by atoms with van der Waals surface area (Å²) in [6, 6.07) is 4.62. The highest BCUT2D eigenvalue weighted by atomic mass is 32.2. The Labute approximate surface area is 176 Å². The van der Waals surface area contributed by atoms with E-state index in [1.807, 2.05) is 38.1 Å². The van der Waals surface area contributed by atoms with E-state index in [1.54, 1.807) is 6.33 Å². The number of hydrogen-bond acceptors (Lipinski definition) is 7. The van der Waals surface area contributed by atoms with Crippen LogP contribution >= 0.6 is 11.9 Å². The van der Waals surface area contributed by atoms with Crippen LogP contribution in [-0.4, -0.2) is 43.8 Å². The van der Waals surface area contributed by atoms with Gasteiger partial charge in [-0.1, -0.05) is 11.9 Å². The first kappa shape index (κ1) is 20.1. The number of aryl methyl sites for hydroxylation is 2. The Morgan fingerprint density at radius 3 is 2.66 bits per heavy atom. The van der Waals surface area contributed by atoms with Gasteiger partial charge in [-0.25, -0.2) is 19.9 Å². The number of nitrogens with one attached hydrogen (secondary N) is 2. The fourth-order valence-corrected chi connectivity index (χ4v) is 5.10. The van der Waals surface area contributed by atoms with E-state index in [0.717, 1.165) is 45.7 Å². The minimum atomic E-state index is 0.542. The van der Waals surface area contributed by atoms with Crippen LogP contribution in [0.2, 0.25) is 0 Å². The summed E-state index contributed by atoms with van der Waals surface area (Å²) in [6.45, 7) is 4.75. The lowest BCUT2D eigenvalue weighted by Gasteiger charge is -2.35. The van der Waals surface area contributed by atoms with Crippen LogP contribution in [0.4, 0.5) is 5.82 Å². The highest BCUT2D eigenvalue weighted by Crippen LogP contribution is 2.32. The number of nitrogens with zero attached hydrogens (tertiary/aromatic N) is 5. The van der Waals surface area contributed by atoms with Crippen LogP contribution in [0.3, 0.4) is 0 Å². The molecule has 154 valence electrons. The molecule has 0 amide bonds. The Kier molecular flexibility index (Phi) is 6.30. The standard InChI is InChI=1S/C21H29N7S/c1-14-10-15(2)27-19(26-14)11-25-29-12-16-4-6-17(7-5-16)28(3)21-18-8-9-22-20(18)23-13-24-21/h8-10,13,16-17,25H,4-7,11-12H2,1-3H3,(H,22,23,24). The Bertz CT molecular complexity index is 929. The van der Waals surface area contributed by atoms with Gasteiger partial charge in [0.25, 0.3) is 0 Å². The molecule has 0 spiro atoms. The van der Waals surface area contributed by atoms with Crippen molar-refractivity contribution in [1.82, 2.24) is 29.6 Å². The number of fused-ring (bicyclic) bond motifs is 1. The van der Waals surface area contributed by atoms with E-state index in [0.29, 0.717) is 12.6 Å². The van der Waals surface area contributed by atoms with Crippen LogP contribution in [0.5, 0.6) is 0 Å². The molecule has 3 heterocycles. The van der Waals surface area contributed by atoms with Crippen molar-refractivity contribution in [2.45, 2.75) is 52.1 Å². The summed E-state index contributed by atoms with van der Waals surface area (Å²) in [5, 5.41) is 1.10. The van der Waals surface area contributed by atoms with Gasteiger partial charge in [-0.15, -0.1) is 0 Å². The third-order valence-corrected chi connectivity index (χ3v) is 6.70. The van der Waals surface area contributed by atoms with E-state index < -0.39 is 0 Å². The molecule has 1 saturated carbocycles. The molecular formula is C21H29N7S. The molecular weight excluding hydrogens is 382 g/mol. The predicted octanol–water partition coefficient (Wildman–Crippen LogP) is 3.80. The molecule has 2 N–H and O–H groups in total. The van der Waals surface area contributed by atoms with Crippen molar-refractivity contribution in [1.29, 1.82) is 0 Å². The molecule has 0 unspecified atom stereocenters. The molecule has 1 aliphatic carbocycles. The van der Waals surface area contributed by atoms with Crippen molar-refractivity contribution in [3.05, 3.63) is 41.9 Å². The third-order valence-electron chi connectivity index (χ3n) is 5.71. The molecule has 1 aliphatic rings. The predicted molar refractivity (Wildman–Crippen MR) is 119 cm³/mol. The lowest BCUT2D eigenvalue weighted by Crippen LogP contribution is -2.36. The van der Waals surface area contributed by atoms with Crippen LogP contribution in [-0.2, 0) is 6.54 Å². The fraction of sp³-hybridized carbons (Fsp3) is 0.524. The summed E-state index contributed by atoms with van der Waals surface area (Å²) in [5.41, 5.74) is 2.97. The van der Waals surface area contributed by atoms with Crippen LogP contribution in [0.1, 0.15) is 42.9 Å². The summed E-state index contributed by atoms with van der Waals surface area (Å²) >= 11 is 1.81. The van der Waals surface area contributed by atoms with E-state index in [1.165, 1.54) is 25.7 Å². The van der Waals surface area contributed by atoms with Gasteiger partial charge < -0.3 is 9.88 Å². The number of aromatic amines is 1. The third kappa shape index (κ3) is 4.87. The molecule has 1 fully saturated rings. The molecule has 8 heteroatoms. The van der Waals surface area contributed by atoms with E-state index in [9.17, 15) is 0 Å². The average molecular weight is 412 g/mol. The molecule has 29 heavy (non-hydrogen) atoms. The van der Waals surface area contributed by atoms with Gasteiger partial charge in [-0.2, -0.15) is 0 Å². The van der Waals surface area contributed by atoms with Crippen LogP contribution in [0.25, 0.3) is 11.0 Å². The van der Waals surface area contributed by atoms with Gasteiger partial charge in [-0.3, -0.25) is 4.72 Å². The van der Waals surface area contributed by atoms with Gasteiger partial charge in [0.05, 0.1) is 11.9 Å². The molecule has 3 aromatic rings. The fourth-order valence-electron chi connectivity index (χ4n) is 4.18. The smallest absolute Gasteiger partial charge is 0.143 e. The molecule has 0 radical (unpaired) electrons. The molecule has 0 aliphatic heterocycles. The summed E-state index contributed by atoms with van der Waals surface area (Å²) in [6.07, 6.45) is 8.50. The van der Waals surface area contributed by atoms with Crippen LogP contribution in [0.15, 0.2) is 24.7 Å². The van der Waals surface area contributed by atoms with Crippen molar-refractivity contribution in [2.75, 3.05) is 17.7 Å². The second-order valence-corrected chi connectivity index (χ2v) is 8.83. The number of aromatic nitrogens is 5. The van der Waals surface area contributed by atoms with Crippen LogP contribution in [0, 0.1) is 19.8 Å². The molecule has 3 aromatic heterocycles. The quantitative estimate of drug-likeness (QED) is 0.452. The molecule has 0 saturated heterocycles. The Morgan fingerprint density at radius 1 is 1.14 bits per heavy atom. The lowest BCUT2D eigenvalue weighted by atomic mass is 9.86. The second-order valence-electron chi connectivity index (χ2n) is 7.92. The minimum absolute atomic E-state index is 0.542. The SMILES string of the molecule is Cc1cc(C)nc(CNSCC2CCC(N(C)c3ncnc4[nH]ccc34)CC2)n1. The zero-order valence-electron chi connectivity index (χ0n) is 17.4. The summed E-state index contributed by atoms with van der Waals surface area (Å²) in [7, 11) is 2.17. The highest BCUT2D eigenvalue weighted by Gasteiger charge is 2.25. The lowest BCUT2D eigenvalue weighted by molar-refractivity contribution is 0.344. The van der Waals surface area contributed by atoms with Crippen molar-refractivity contribution in [2.24, 2.45) is 5.92 Å². The maximum Gasteiger partial charge on any atom is 0.143 e. The van der Waals surface area contributed by atoms with E-state index in [2.05, 4.69) is 47.7 Å².